The first-order valence-electron chi connectivity index (χ1n) is 8.58. The highest BCUT2D eigenvalue weighted by atomic mass is 16.1. The van der Waals surface area contributed by atoms with Crippen molar-refractivity contribution in [1.29, 1.82) is 0 Å². The van der Waals surface area contributed by atoms with Crippen LogP contribution in [-0.4, -0.2) is 50.6 Å². The van der Waals surface area contributed by atoms with Crippen LogP contribution in [0.2, 0.25) is 0 Å². The van der Waals surface area contributed by atoms with E-state index in [1.165, 1.54) is 30.5 Å². The number of benzene rings is 1. The Morgan fingerprint density at radius 1 is 1.14 bits per heavy atom. The number of fused-ring (bicyclic) bond motifs is 3. The minimum atomic E-state index is 0.117. The Morgan fingerprint density at radius 3 is 2.77 bits per heavy atom. The van der Waals surface area contributed by atoms with Gasteiger partial charge < -0.3 is 15.1 Å². The van der Waals surface area contributed by atoms with Crippen LogP contribution in [0.15, 0.2) is 18.2 Å². The topological polar surface area (TPSA) is 35.6 Å². The molecule has 3 heterocycles. The van der Waals surface area contributed by atoms with Gasteiger partial charge in [0.05, 0.1) is 0 Å². The van der Waals surface area contributed by atoms with Crippen molar-refractivity contribution in [1.82, 2.24) is 10.2 Å². The van der Waals surface area contributed by atoms with Crippen molar-refractivity contribution in [2.45, 2.75) is 25.2 Å². The first-order chi connectivity index (χ1) is 10.7. The summed E-state index contributed by atoms with van der Waals surface area (Å²) >= 11 is 0. The van der Waals surface area contributed by atoms with Gasteiger partial charge in [-0.25, -0.2) is 0 Å². The van der Waals surface area contributed by atoms with Crippen LogP contribution >= 0.6 is 0 Å². The Balaban J connectivity index is 1.70. The number of piperidine rings is 1. The molecule has 0 radical (unpaired) electrons. The predicted octanol–water partition coefficient (Wildman–Crippen LogP) is 2.07. The van der Waals surface area contributed by atoms with Crippen LogP contribution in [-0.2, 0) is 0 Å². The molecule has 1 amide bonds. The normalized spacial score (nSPS) is 28.8. The lowest BCUT2D eigenvalue weighted by Gasteiger charge is -2.29. The van der Waals surface area contributed by atoms with Gasteiger partial charge in [-0.05, 0) is 49.9 Å². The van der Waals surface area contributed by atoms with E-state index in [1.807, 2.05) is 0 Å². The van der Waals surface area contributed by atoms with Crippen molar-refractivity contribution in [3.63, 3.8) is 0 Å². The van der Waals surface area contributed by atoms with Gasteiger partial charge in [0.25, 0.3) is 5.91 Å². The SMILES string of the molecule is CN1C[C@H]2CNC(=O)c3cc(N4CCCCC4)ccc3[C@@H]2C1. The first-order valence-corrected chi connectivity index (χ1v) is 8.58. The second-order valence-electron chi connectivity index (χ2n) is 7.12. The van der Waals surface area contributed by atoms with Crippen LogP contribution in [0.5, 0.6) is 0 Å². The summed E-state index contributed by atoms with van der Waals surface area (Å²) in [7, 11) is 2.18. The van der Waals surface area contributed by atoms with E-state index in [9.17, 15) is 4.79 Å². The summed E-state index contributed by atoms with van der Waals surface area (Å²) in [5.41, 5.74) is 3.38. The Bertz CT molecular complexity index is 580. The summed E-state index contributed by atoms with van der Waals surface area (Å²) in [4.78, 5) is 17.3. The summed E-state index contributed by atoms with van der Waals surface area (Å²) < 4.78 is 0. The Morgan fingerprint density at radius 2 is 1.95 bits per heavy atom. The number of hydrogen-bond acceptors (Lipinski definition) is 3. The van der Waals surface area contributed by atoms with Crippen LogP contribution in [0.25, 0.3) is 0 Å². The lowest BCUT2D eigenvalue weighted by atomic mass is 9.87. The van der Waals surface area contributed by atoms with Crippen molar-refractivity contribution in [2.24, 2.45) is 5.92 Å². The largest absolute Gasteiger partial charge is 0.372 e. The fourth-order valence-electron chi connectivity index (χ4n) is 4.38. The second-order valence-corrected chi connectivity index (χ2v) is 7.12. The van der Waals surface area contributed by atoms with Crippen LogP contribution in [0.1, 0.15) is 41.1 Å². The summed E-state index contributed by atoms with van der Waals surface area (Å²) in [6.07, 6.45) is 3.86. The molecule has 0 saturated carbocycles. The molecule has 4 nitrogen and oxygen atoms in total. The van der Waals surface area contributed by atoms with Crippen molar-refractivity contribution in [2.75, 3.05) is 44.7 Å². The number of likely N-dealkylation sites (N-methyl/N-ethyl adjacent to an activating group) is 1. The average Bonchev–Trinajstić information content (AvgIpc) is 2.88. The number of carbonyl (C=O) groups is 1. The molecule has 0 bridgehead atoms. The van der Waals surface area contributed by atoms with Gasteiger partial charge in [-0.15, -0.1) is 0 Å². The van der Waals surface area contributed by atoms with Crippen LogP contribution in [0.3, 0.4) is 0 Å². The summed E-state index contributed by atoms with van der Waals surface area (Å²) in [6, 6.07) is 6.59. The molecule has 0 unspecified atom stereocenters. The molecule has 2 fully saturated rings. The number of nitrogens with zero attached hydrogens (tertiary/aromatic N) is 2. The molecule has 2 saturated heterocycles. The average molecular weight is 299 g/mol. The van der Waals surface area contributed by atoms with Crippen LogP contribution in [0, 0.1) is 5.92 Å². The molecular weight excluding hydrogens is 274 g/mol. The van der Waals surface area contributed by atoms with E-state index in [4.69, 9.17) is 0 Å². The molecule has 1 aromatic rings. The lowest BCUT2D eigenvalue weighted by molar-refractivity contribution is 0.0951. The molecule has 4 heteroatoms. The molecule has 1 N–H and O–H groups in total. The number of hydrogen-bond donors (Lipinski definition) is 1. The summed E-state index contributed by atoms with van der Waals surface area (Å²) in [5, 5.41) is 3.14. The smallest absolute Gasteiger partial charge is 0.251 e. The summed E-state index contributed by atoms with van der Waals surface area (Å²) in [5.74, 6) is 1.16. The van der Waals surface area contributed by atoms with Gasteiger partial charge in [-0.3, -0.25) is 4.79 Å². The second kappa shape index (κ2) is 5.58. The number of anilines is 1. The maximum absolute atomic E-state index is 12.5. The molecule has 2 atom stereocenters. The van der Waals surface area contributed by atoms with Gasteiger partial charge >= 0.3 is 0 Å². The minimum absolute atomic E-state index is 0.117. The van der Waals surface area contributed by atoms with Crippen molar-refractivity contribution < 1.29 is 4.79 Å². The van der Waals surface area contributed by atoms with Gasteiger partial charge in [0.1, 0.15) is 0 Å². The number of rotatable bonds is 1. The Hall–Kier alpha value is -1.55. The standard InChI is InChI=1S/C18H25N3O/c1-20-11-13-10-19-18(22)16-9-14(21-7-3-2-4-8-21)5-6-15(16)17(13)12-20/h5-6,9,13,17H,2-4,7-8,10-12H2,1H3,(H,19,22)/t13-,17-/m1/s1. The Kier molecular flexibility index (Phi) is 3.57. The number of amides is 1. The molecule has 0 aromatic heterocycles. The van der Waals surface area contributed by atoms with E-state index in [0.29, 0.717) is 11.8 Å². The van der Waals surface area contributed by atoms with E-state index in [0.717, 1.165) is 38.3 Å². The molecule has 3 aliphatic heterocycles. The van der Waals surface area contributed by atoms with Crippen molar-refractivity contribution in [3.8, 4) is 0 Å². The molecule has 118 valence electrons. The molecule has 4 rings (SSSR count). The maximum Gasteiger partial charge on any atom is 0.251 e. The quantitative estimate of drug-likeness (QED) is 0.862. The third-order valence-electron chi connectivity index (χ3n) is 5.55. The van der Waals surface area contributed by atoms with Gasteiger partial charge in [-0.2, -0.15) is 0 Å². The molecular formula is C18H25N3O. The van der Waals surface area contributed by atoms with E-state index in [-0.39, 0.29) is 5.91 Å². The van der Waals surface area contributed by atoms with Crippen LogP contribution < -0.4 is 10.2 Å². The molecule has 22 heavy (non-hydrogen) atoms. The van der Waals surface area contributed by atoms with Gasteiger partial charge in [0.15, 0.2) is 0 Å². The van der Waals surface area contributed by atoms with E-state index in [1.54, 1.807) is 0 Å². The number of nitrogens with one attached hydrogen (secondary N) is 1. The molecule has 3 aliphatic rings. The zero-order valence-corrected chi connectivity index (χ0v) is 13.3. The van der Waals surface area contributed by atoms with Gasteiger partial charge in [0.2, 0.25) is 0 Å². The van der Waals surface area contributed by atoms with Crippen LogP contribution in [0.4, 0.5) is 5.69 Å². The fraction of sp³-hybridized carbons (Fsp3) is 0.611. The summed E-state index contributed by atoms with van der Waals surface area (Å²) in [6.45, 7) is 5.19. The minimum Gasteiger partial charge on any atom is -0.372 e. The van der Waals surface area contributed by atoms with E-state index in [2.05, 4.69) is 40.4 Å². The molecule has 0 aliphatic carbocycles. The van der Waals surface area contributed by atoms with Gasteiger partial charge in [-0.1, -0.05) is 6.07 Å². The van der Waals surface area contributed by atoms with Crippen molar-refractivity contribution in [3.05, 3.63) is 29.3 Å². The van der Waals surface area contributed by atoms with Crippen molar-refractivity contribution >= 4 is 11.6 Å². The van der Waals surface area contributed by atoms with E-state index < -0.39 is 0 Å². The number of carbonyl (C=O) groups excluding carboxylic acids is 1. The van der Waals surface area contributed by atoms with E-state index >= 15 is 0 Å². The predicted molar refractivity (Wildman–Crippen MR) is 88.6 cm³/mol. The van der Waals surface area contributed by atoms with Gasteiger partial charge in [0, 0.05) is 49.9 Å². The highest BCUT2D eigenvalue weighted by Crippen LogP contribution is 2.37. The lowest BCUT2D eigenvalue weighted by Crippen LogP contribution is -2.30. The monoisotopic (exact) mass is 299 g/mol. The Labute approximate surface area is 132 Å². The third-order valence-corrected chi connectivity index (χ3v) is 5.55. The highest BCUT2D eigenvalue weighted by Gasteiger charge is 2.36. The maximum atomic E-state index is 12.5. The molecule has 0 spiro atoms. The fourth-order valence-corrected chi connectivity index (χ4v) is 4.38. The number of likely N-dealkylation sites (tertiary alicyclic amines) is 1. The zero-order valence-electron chi connectivity index (χ0n) is 13.3. The highest BCUT2D eigenvalue weighted by molar-refractivity contribution is 5.97. The zero-order chi connectivity index (χ0) is 15.1. The molecule has 1 aromatic carbocycles. The first kappa shape index (κ1) is 14.1. The third kappa shape index (κ3) is 2.39.